The van der Waals surface area contributed by atoms with Gasteiger partial charge in [0.2, 0.25) is 5.91 Å². The SMILES string of the molecule is CCN(CCNC(=O)CS(=O)(=O)Cc1ccc(Br)cc1)c1ccccc1C. The lowest BCUT2D eigenvalue weighted by Gasteiger charge is -2.25. The van der Waals surface area contributed by atoms with E-state index in [1.807, 2.05) is 31.2 Å². The Hall–Kier alpha value is -1.86. The van der Waals surface area contributed by atoms with E-state index in [-0.39, 0.29) is 5.75 Å². The van der Waals surface area contributed by atoms with Crippen molar-refractivity contribution < 1.29 is 13.2 Å². The highest BCUT2D eigenvalue weighted by Crippen LogP contribution is 2.18. The average molecular weight is 453 g/mol. The number of carbonyl (C=O) groups is 1. The molecule has 0 saturated heterocycles. The molecule has 0 saturated carbocycles. The third-order valence-corrected chi connectivity index (χ3v) is 6.20. The summed E-state index contributed by atoms with van der Waals surface area (Å²) in [6, 6.07) is 15.1. The van der Waals surface area contributed by atoms with E-state index in [0.717, 1.165) is 16.7 Å². The van der Waals surface area contributed by atoms with Crippen molar-refractivity contribution in [2.45, 2.75) is 19.6 Å². The van der Waals surface area contributed by atoms with Crippen LogP contribution >= 0.6 is 15.9 Å². The predicted octanol–water partition coefficient (Wildman–Crippen LogP) is 3.32. The molecular formula is C20H25BrN2O3S. The van der Waals surface area contributed by atoms with Crippen molar-refractivity contribution >= 4 is 37.4 Å². The number of nitrogens with zero attached hydrogens (tertiary/aromatic N) is 1. The molecule has 0 aliphatic carbocycles. The standard InChI is InChI=1S/C20H25BrN2O3S/c1-3-23(19-7-5-4-6-16(19)2)13-12-22-20(24)15-27(25,26)14-17-8-10-18(21)11-9-17/h4-11H,3,12-15H2,1-2H3,(H,22,24). The number of halogens is 1. The normalized spacial score (nSPS) is 11.2. The topological polar surface area (TPSA) is 66.5 Å². The maximum Gasteiger partial charge on any atom is 0.235 e. The predicted molar refractivity (Wildman–Crippen MR) is 114 cm³/mol. The number of hydrogen-bond donors (Lipinski definition) is 1. The van der Waals surface area contributed by atoms with Gasteiger partial charge in [0.05, 0.1) is 5.75 Å². The van der Waals surface area contributed by atoms with Crippen molar-refractivity contribution in [2.24, 2.45) is 0 Å². The Balaban J connectivity index is 1.84. The molecular weight excluding hydrogens is 428 g/mol. The van der Waals surface area contributed by atoms with Gasteiger partial charge in [-0.3, -0.25) is 4.79 Å². The zero-order valence-electron chi connectivity index (χ0n) is 15.6. The first-order valence-corrected chi connectivity index (χ1v) is 11.4. The summed E-state index contributed by atoms with van der Waals surface area (Å²) >= 11 is 3.32. The summed E-state index contributed by atoms with van der Waals surface area (Å²) in [6.45, 7) is 5.93. The Labute approximate surface area is 169 Å². The molecule has 7 heteroatoms. The van der Waals surface area contributed by atoms with E-state index in [4.69, 9.17) is 0 Å². The van der Waals surface area contributed by atoms with Gasteiger partial charge in [0.15, 0.2) is 9.84 Å². The molecule has 0 bridgehead atoms. The Morgan fingerprint density at radius 1 is 1.11 bits per heavy atom. The summed E-state index contributed by atoms with van der Waals surface area (Å²) in [5.74, 6) is -1.11. The summed E-state index contributed by atoms with van der Waals surface area (Å²) in [4.78, 5) is 14.2. The molecule has 1 N–H and O–H groups in total. The van der Waals surface area contributed by atoms with Crippen molar-refractivity contribution in [2.75, 3.05) is 30.3 Å². The van der Waals surface area contributed by atoms with E-state index < -0.39 is 21.5 Å². The first-order chi connectivity index (χ1) is 12.8. The number of benzene rings is 2. The summed E-state index contributed by atoms with van der Waals surface area (Å²) in [7, 11) is -3.50. The van der Waals surface area contributed by atoms with Crippen LogP contribution in [0.2, 0.25) is 0 Å². The van der Waals surface area contributed by atoms with E-state index >= 15 is 0 Å². The number of anilines is 1. The molecule has 0 aliphatic rings. The number of likely N-dealkylation sites (N-methyl/N-ethyl adjacent to an activating group) is 1. The average Bonchev–Trinajstić information content (AvgIpc) is 2.61. The van der Waals surface area contributed by atoms with Crippen molar-refractivity contribution in [1.82, 2.24) is 5.32 Å². The maximum atomic E-state index is 12.2. The fourth-order valence-electron chi connectivity index (χ4n) is 2.83. The molecule has 5 nitrogen and oxygen atoms in total. The molecule has 2 aromatic carbocycles. The molecule has 0 spiro atoms. The number of amides is 1. The van der Waals surface area contributed by atoms with E-state index in [1.165, 1.54) is 5.56 Å². The molecule has 0 fully saturated rings. The molecule has 27 heavy (non-hydrogen) atoms. The number of sulfone groups is 1. The number of nitrogens with one attached hydrogen (secondary N) is 1. The summed E-state index contributed by atoms with van der Waals surface area (Å²) in [5, 5.41) is 2.72. The Morgan fingerprint density at radius 2 is 1.78 bits per heavy atom. The van der Waals surface area contributed by atoms with Gasteiger partial charge < -0.3 is 10.2 Å². The highest BCUT2D eigenvalue weighted by molar-refractivity contribution is 9.10. The summed E-state index contributed by atoms with van der Waals surface area (Å²) in [6.07, 6.45) is 0. The third kappa shape index (κ3) is 6.99. The van der Waals surface area contributed by atoms with Gasteiger partial charge in [0, 0.05) is 29.8 Å². The van der Waals surface area contributed by atoms with Crippen LogP contribution in [0.1, 0.15) is 18.1 Å². The van der Waals surface area contributed by atoms with Crippen LogP contribution in [0.25, 0.3) is 0 Å². The van der Waals surface area contributed by atoms with Crippen molar-refractivity contribution in [3.63, 3.8) is 0 Å². The second kappa shape index (κ2) is 9.90. The molecule has 0 atom stereocenters. The zero-order valence-corrected chi connectivity index (χ0v) is 18.0. The minimum Gasteiger partial charge on any atom is -0.370 e. The number of carbonyl (C=O) groups excluding carboxylic acids is 1. The third-order valence-electron chi connectivity index (χ3n) is 4.19. The highest BCUT2D eigenvalue weighted by Gasteiger charge is 2.17. The molecule has 0 unspecified atom stereocenters. The van der Waals surface area contributed by atoms with Crippen LogP contribution in [0, 0.1) is 6.92 Å². The number of aryl methyl sites for hydroxylation is 1. The first-order valence-electron chi connectivity index (χ1n) is 8.83. The molecule has 0 aromatic heterocycles. The molecule has 0 aliphatic heterocycles. The summed E-state index contributed by atoms with van der Waals surface area (Å²) < 4.78 is 25.3. The van der Waals surface area contributed by atoms with Crippen LogP contribution in [-0.2, 0) is 20.4 Å². The lowest BCUT2D eigenvalue weighted by molar-refractivity contribution is -0.118. The molecule has 2 aromatic rings. The van der Waals surface area contributed by atoms with Crippen LogP contribution in [0.3, 0.4) is 0 Å². The molecule has 0 heterocycles. The van der Waals surface area contributed by atoms with Gasteiger partial charge in [-0.2, -0.15) is 0 Å². The second-order valence-electron chi connectivity index (χ2n) is 6.37. The lowest BCUT2D eigenvalue weighted by Crippen LogP contribution is -2.37. The number of para-hydroxylation sites is 1. The van der Waals surface area contributed by atoms with E-state index in [9.17, 15) is 13.2 Å². The molecule has 2 rings (SSSR count). The van der Waals surface area contributed by atoms with Crippen molar-refractivity contribution in [3.05, 3.63) is 64.1 Å². The van der Waals surface area contributed by atoms with Gasteiger partial charge in [-0.1, -0.05) is 46.3 Å². The highest BCUT2D eigenvalue weighted by atomic mass is 79.9. The molecule has 0 radical (unpaired) electrons. The van der Waals surface area contributed by atoms with Gasteiger partial charge in [0.25, 0.3) is 0 Å². The zero-order chi connectivity index (χ0) is 19.9. The van der Waals surface area contributed by atoms with Gasteiger partial charge >= 0.3 is 0 Å². The fourth-order valence-corrected chi connectivity index (χ4v) is 4.40. The van der Waals surface area contributed by atoms with E-state index in [1.54, 1.807) is 24.3 Å². The largest absolute Gasteiger partial charge is 0.370 e. The van der Waals surface area contributed by atoms with E-state index in [0.29, 0.717) is 18.7 Å². The number of hydrogen-bond acceptors (Lipinski definition) is 4. The van der Waals surface area contributed by atoms with Gasteiger partial charge in [-0.25, -0.2) is 8.42 Å². The maximum absolute atomic E-state index is 12.2. The van der Waals surface area contributed by atoms with Crippen molar-refractivity contribution in [3.8, 4) is 0 Å². The smallest absolute Gasteiger partial charge is 0.235 e. The van der Waals surface area contributed by atoms with Crippen LogP contribution in [0.15, 0.2) is 53.0 Å². The van der Waals surface area contributed by atoms with Gasteiger partial charge in [0.1, 0.15) is 5.75 Å². The first kappa shape index (κ1) is 21.4. The van der Waals surface area contributed by atoms with Gasteiger partial charge in [-0.15, -0.1) is 0 Å². The second-order valence-corrected chi connectivity index (χ2v) is 9.35. The Bertz CT molecular complexity index is 867. The number of rotatable bonds is 9. The fraction of sp³-hybridized carbons (Fsp3) is 0.350. The minimum atomic E-state index is -3.50. The lowest BCUT2D eigenvalue weighted by atomic mass is 10.2. The monoisotopic (exact) mass is 452 g/mol. The minimum absolute atomic E-state index is 0.141. The summed E-state index contributed by atoms with van der Waals surface area (Å²) in [5.41, 5.74) is 2.96. The van der Waals surface area contributed by atoms with Crippen LogP contribution in [0.5, 0.6) is 0 Å². The van der Waals surface area contributed by atoms with Crippen LogP contribution in [-0.4, -0.2) is 39.7 Å². The molecule has 1 amide bonds. The Kier molecular flexibility index (Phi) is 7.86. The van der Waals surface area contributed by atoms with Gasteiger partial charge in [-0.05, 0) is 43.2 Å². The van der Waals surface area contributed by atoms with Crippen LogP contribution in [0.4, 0.5) is 5.69 Å². The molecule has 146 valence electrons. The quantitative estimate of drug-likeness (QED) is 0.633. The van der Waals surface area contributed by atoms with Crippen molar-refractivity contribution in [1.29, 1.82) is 0 Å². The Morgan fingerprint density at radius 3 is 2.41 bits per heavy atom. The van der Waals surface area contributed by atoms with Crippen LogP contribution < -0.4 is 10.2 Å². The van der Waals surface area contributed by atoms with E-state index in [2.05, 4.69) is 33.1 Å².